The Kier molecular flexibility index (Phi) is 7.07. The Bertz CT molecular complexity index is 2220. The summed E-state index contributed by atoms with van der Waals surface area (Å²) in [5.74, 6) is 0.0874. The normalized spacial score (nSPS) is 15.1. The number of anilines is 1. The maximum atomic E-state index is 14.4. The number of carbonyl (C=O) groups is 1. The average Bonchev–Trinajstić information content (AvgIpc) is 3.34. The molecule has 0 bridgehead atoms. The van der Waals surface area contributed by atoms with Crippen LogP contribution in [0.15, 0.2) is 130 Å². The van der Waals surface area contributed by atoms with Crippen molar-refractivity contribution in [2.75, 3.05) is 5.32 Å². The zero-order valence-corrected chi connectivity index (χ0v) is 25.6. The van der Waals surface area contributed by atoms with Crippen LogP contribution in [0.4, 0.5) is 5.69 Å². The molecule has 1 atom stereocenters. The smallest absolute Gasteiger partial charge is 0.271 e. The molecule has 1 N–H and O–H groups in total. The lowest BCUT2D eigenvalue weighted by molar-refractivity contribution is -0.113. The first-order chi connectivity index (χ1) is 21.4. The standard InChI is InChI=1S/C38H31N3O2S/c1-23(2)25-17-19-26(20-18-25)35-34(36(42)40-29-13-5-4-6-14-29)24(3)39-38-41(35)37(43)33(44-38)22-32-30-15-9-7-11-27(30)21-28-12-8-10-16-31(28)32/h4-23,35H,1-3H3,(H,40,42)/b33-22-/t35-/m0/s1. The van der Waals surface area contributed by atoms with Gasteiger partial charge in [0, 0.05) is 5.69 Å². The van der Waals surface area contributed by atoms with Crippen molar-refractivity contribution in [3.63, 3.8) is 0 Å². The van der Waals surface area contributed by atoms with E-state index in [9.17, 15) is 9.59 Å². The van der Waals surface area contributed by atoms with Gasteiger partial charge in [-0.3, -0.25) is 14.2 Å². The molecule has 0 saturated heterocycles. The van der Waals surface area contributed by atoms with Gasteiger partial charge in [0.1, 0.15) is 0 Å². The number of hydrogen-bond acceptors (Lipinski definition) is 4. The van der Waals surface area contributed by atoms with Crippen LogP contribution >= 0.6 is 11.3 Å². The summed E-state index contributed by atoms with van der Waals surface area (Å²) in [6.07, 6.45) is 2.00. The van der Waals surface area contributed by atoms with E-state index in [2.05, 4.69) is 61.6 Å². The highest BCUT2D eigenvalue weighted by Crippen LogP contribution is 2.32. The monoisotopic (exact) mass is 593 g/mol. The Hall–Kier alpha value is -5.07. The maximum Gasteiger partial charge on any atom is 0.271 e. The maximum absolute atomic E-state index is 14.4. The SMILES string of the molecule is CC1=C(C(=O)Nc2ccccc2)[C@H](c2ccc(C(C)C)cc2)n2c(s/c(=C\c3c4ccccc4cc4ccccc34)c2=O)=N1. The lowest BCUT2D eigenvalue weighted by Crippen LogP contribution is -2.40. The van der Waals surface area contributed by atoms with Crippen LogP contribution < -0.4 is 20.2 Å². The Balaban J connectivity index is 1.44. The van der Waals surface area contributed by atoms with Crippen LogP contribution in [0.2, 0.25) is 0 Å². The fourth-order valence-corrected chi connectivity index (χ4v) is 7.07. The minimum Gasteiger partial charge on any atom is -0.322 e. The Morgan fingerprint density at radius 3 is 2.11 bits per heavy atom. The summed E-state index contributed by atoms with van der Waals surface area (Å²) in [6.45, 7) is 6.15. The number of para-hydroxylation sites is 1. The predicted octanol–water partition coefficient (Wildman–Crippen LogP) is 7.30. The van der Waals surface area contributed by atoms with E-state index in [0.717, 1.165) is 32.7 Å². The second kappa shape index (κ2) is 11.2. The van der Waals surface area contributed by atoms with Crippen molar-refractivity contribution in [2.45, 2.75) is 32.7 Å². The molecule has 0 fully saturated rings. The molecule has 1 amide bonds. The number of thiazole rings is 1. The largest absolute Gasteiger partial charge is 0.322 e. The van der Waals surface area contributed by atoms with E-state index in [1.54, 1.807) is 4.57 Å². The topological polar surface area (TPSA) is 63.5 Å². The minimum absolute atomic E-state index is 0.166. The first-order valence-electron chi connectivity index (χ1n) is 14.8. The predicted molar refractivity (Wildman–Crippen MR) is 181 cm³/mol. The molecule has 0 aliphatic carbocycles. The fraction of sp³-hybridized carbons (Fsp3) is 0.132. The second-order valence-electron chi connectivity index (χ2n) is 11.5. The zero-order chi connectivity index (χ0) is 30.4. The molecular weight excluding hydrogens is 563 g/mol. The molecule has 5 nitrogen and oxygen atoms in total. The van der Waals surface area contributed by atoms with Crippen molar-refractivity contribution in [1.82, 2.24) is 4.57 Å². The van der Waals surface area contributed by atoms with Crippen LogP contribution in [0.25, 0.3) is 27.6 Å². The fourth-order valence-electron chi connectivity index (χ4n) is 6.05. The van der Waals surface area contributed by atoms with Gasteiger partial charge in [0.05, 0.1) is 21.8 Å². The molecule has 6 heteroatoms. The molecule has 5 aromatic carbocycles. The number of aromatic nitrogens is 1. The van der Waals surface area contributed by atoms with Crippen LogP contribution in [0.1, 0.15) is 49.4 Å². The molecule has 0 radical (unpaired) electrons. The van der Waals surface area contributed by atoms with Gasteiger partial charge in [0.15, 0.2) is 4.80 Å². The summed E-state index contributed by atoms with van der Waals surface area (Å²) < 4.78 is 2.27. The van der Waals surface area contributed by atoms with E-state index in [4.69, 9.17) is 4.99 Å². The molecule has 0 saturated carbocycles. The summed E-state index contributed by atoms with van der Waals surface area (Å²) in [7, 11) is 0. The Labute approximate surface area is 259 Å². The highest BCUT2D eigenvalue weighted by Gasteiger charge is 2.32. The molecule has 7 rings (SSSR count). The lowest BCUT2D eigenvalue weighted by Gasteiger charge is -2.25. The van der Waals surface area contributed by atoms with Gasteiger partial charge in [0.2, 0.25) is 0 Å². The van der Waals surface area contributed by atoms with Crippen molar-refractivity contribution >= 4 is 50.6 Å². The third-order valence-corrected chi connectivity index (χ3v) is 9.29. The second-order valence-corrected chi connectivity index (χ2v) is 12.5. The van der Waals surface area contributed by atoms with E-state index in [-0.39, 0.29) is 11.5 Å². The Morgan fingerprint density at radius 1 is 0.864 bits per heavy atom. The van der Waals surface area contributed by atoms with Crippen LogP contribution in [0.3, 0.4) is 0 Å². The van der Waals surface area contributed by atoms with Crippen molar-refractivity contribution in [3.05, 3.63) is 157 Å². The summed E-state index contributed by atoms with van der Waals surface area (Å²) >= 11 is 1.36. The number of nitrogens with one attached hydrogen (secondary N) is 1. The molecule has 2 heterocycles. The number of benzene rings is 5. The first kappa shape index (κ1) is 27.7. The number of fused-ring (bicyclic) bond motifs is 3. The summed E-state index contributed by atoms with van der Waals surface area (Å²) in [6, 6.07) is 35.7. The van der Waals surface area contributed by atoms with Crippen LogP contribution in [0, 0.1) is 0 Å². The van der Waals surface area contributed by atoms with E-state index < -0.39 is 6.04 Å². The average molecular weight is 594 g/mol. The molecular formula is C38H31N3O2S. The molecule has 44 heavy (non-hydrogen) atoms. The van der Waals surface area contributed by atoms with Gasteiger partial charge in [-0.15, -0.1) is 0 Å². The van der Waals surface area contributed by atoms with E-state index >= 15 is 0 Å². The van der Waals surface area contributed by atoms with E-state index in [1.165, 1.54) is 16.9 Å². The Morgan fingerprint density at radius 2 is 1.48 bits per heavy atom. The number of carbonyl (C=O) groups excluding carboxylic acids is 1. The number of nitrogens with zero attached hydrogens (tertiary/aromatic N) is 2. The third-order valence-electron chi connectivity index (χ3n) is 8.31. The summed E-state index contributed by atoms with van der Waals surface area (Å²) in [5.41, 5.74) is 4.64. The van der Waals surface area contributed by atoms with E-state index in [0.29, 0.717) is 32.2 Å². The quantitative estimate of drug-likeness (QED) is 0.213. The van der Waals surface area contributed by atoms with Gasteiger partial charge in [-0.1, -0.05) is 116 Å². The van der Waals surface area contributed by atoms with Gasteiger partial charge in [-0.2, -0.15) is 0 Å². The van der Waals surface area contributed by atoms with Gasteiger partial charge >= 0.3 is 0 Å². The molecule has 1 aromatic heterocycles. The van der Waals surface area contributed by atoms with Crippen molar-refractivity contribution in [1.29, 1.82) is 0 Å². The zero-order valence-electron chi connectivity index (χ0n) is 24.7. The molecule has 216 valence electrons. The number of rotatable bonds is 5. The van der Waals surface area contributed by atoms with Crippen LogP contribution in [-0.4, -0.2) is 10.5 Å². The van der Waals surface area contributed by atoms with Gasteiger partial charge in [-0.05, 0) is 75.4 Å². The molecule has 0 unspecified atom stereocenters. The minimum atomic E-state index is -0.623. The first-order valence-corrected chi connectivity index (χ1v) is 15.6. The van der Waals surface area contributed by atoms with E-state index in [1.807, 2.05) is 79.7 Å². The molecule has 6 aromatic rings. The summed E-state index contributed by atoms with van der Waals surface area (Å²) in [5, 5.41) is 7.42. The van der Waals surface area contributed by atoms with Crippen molar-refractivity contribution < 1.29 is 4.79 Å². The highest BCUT2D eigenvalue weighted by molar-refractivity contribution is 7.07. The lowest BCUT2D eigenvalue weighted by atomic mass is 9.93. The number of allylic oxidation sites excluding steroid dienone is 1. The van der Waals surface area contributed by atoms with Gasteiger partial charge in [0.25, 0.3) is 11.5 Å². The molecule has 1 aliphatic heterocycles. The van der Waals surface area contributed by atoms with Gasteiger partial charge < -0.3 is 5.32 Å². The third kappa shape index (κ3) is 4.87. The van der Waals surface area contributed by atoms with Crippen LogP contribution in [-0.2, 0) is 4.79 Å². The molecule has 1 aliphatic rings. The van der Waals surface area contributed by atoms with Crippen molar-refractivity contribution in [2.24, 2.45) is 4.99 Å². The van der Waals surface area contributed by atoms with Gasteiger partial charge in [-0.25, -0.2) is 4.99 Å². The number of hydrogen-bond donors (Lipinski definition) is 1. The van der Waals surface area contributed by atoms with Crippen LogP contribution in [0.5, 0.6) is 0 Å². The highest BCUT2D eigenvalue weighted by atomic mass is 32.1. The summed E-state index contributed by atoms with van der Waals surface area (Å²) in [4.78, 5) is 33.7. The molecule has 0 spiro atoms. The van der Waals surface area contributed by atoms with Crippen molar-refractivity contribution in [3.8, 4) is 0 Å². The number of amides is 1.